The number of rotatable bonds is 0. The van der Waals surface area contributed by atoms with E-state index in [9.17, 15) is 4.79 Å². The molecule has 68 valence electrons. The summed E-state index contributed by atoms with van der Waals surface area (Å²) in [6, 6.07) is 3.62. The van der Waals surface area contributed by atoms with Gasteiger partial charge in [-0.15, -0.1) is 0 Å². The fourth-order valence-corrected chi connectivity index (χ4v) is 1.41. The first-order chi connectivity index (χ1) is 6.86. The van der Waals surface area contributed by atoms with Crippen LogP contribution in [-0.2, 0) is 0 Å². The minimum absolute atomic E-state index is 0.330. The number of hydrogen-bond donors (Lipinski definition) is 1. The summed E-state index contributed by atoms with van der Waals surface area (Å²) < 4.78 is 1.21. The van der Waals surface area contributed by atoms with Crippen LogP contribution in [0.25, 0.3) is 16.7 Å². The van der Waals surface area contributed by atoms with Crippen molar-refractivity contribution >= 4 is 16.7 Å². The van der Waals surface area contributed by atoms with Gasteiger partial charge in [-0.3, -0.25) is 4.98 Å². The Morgan fingerprint density at radius 1 is 1.36 bits per heavy atom. The predicted molar refractivity (Wildman–Crippen MR) is 48.9 cm³/mol. The summed E-state index contributed by atoms with van der Waals surface area (Å²) >= 11 is 0. The van der Waals surface area contributed by atoms with E-state index in [1.807, 2.05) is 6.07 Å². The van der Waals surface area contributed by atoms with Crippen molar-refractivity contribution in [3.05, 3.63) is 35.1 Å². The van der Waals surface area contributed by atoms with Gasteiger partial charge in [0.2, 0.25) is 0 Å². The van der Waals surface area contributed by atoms with Crippen LogP contribution in [0.5, 0.6) is 0 Å². The average molecular weight is 187 g/mol. The molecule has 6 nitrogen and oxygen atoms in total. The van der Waals surface area contributed by atoms with Gasteiger partial charge in [0, 0.05) is 6.20 Å². The summed E-state index contributed by atoms with van der Waals surface area (Å²) in [7, 11) is 0. The monoisotopic (exact) mass is 187 g/mol. The van der Waals surface area contributed by atoms with Gasteiger partial charge in [0.25, 0.3) is 0 Å². The number of nitrogens with one attached hydrogen (secondary N) is 1. The minimum atomic E-state index is -0.330. The van der Waals surface area contributed by atoms with Gasteiger partial charge in [0.15, 0.2) is 5.65 Å². The van der Waals surface area contributed by atoms with Gasteiger partial charge in [-0.1, -0.05) is 0 Å². The summed E-state index contributed by atoms with van der Waals surface area (Å²) in [6.07, 6.45) is 2.96. The lowest BCUT2D eigenvalue weighted by Gasteiger charge is -1.96. The summed E-state index contributed by atoms with van der Waals surface area (Å²) in [5, 5.41) is 4.58. The molecule has 0 aliphatic rings. The van der Waals surface area contributed by atoms with Crippen molar-refractivity contribution in [3.8, 4) is 0 Å². The Kier molecular flexibility index (Phi) is 1.22. The van der Waals surface area contributed by atoms with Crippen molar-refractivity contribution in [1.29, 1.82) is 0 Å². The number of fused-ring (bicyclic) bond motifs is 3. The molecule has 0 aromatic carbocycles. The fraction of sp³-hybridized carbons (Fsp3) is 0. The second-order valence-corrected chi connectivity index (χ2v) is 2.83. The Labute approximate surface area is 77.2 Å². The van der Waals surface area contributed by atoms with Crippen molar-refractivity contribution < 1.29 is 0 Å². The van der Waals surface area contributed by atoms with E-state index in [-0.39, 0.29) is 5.69 Å². The highest BCUT2D eigenvalue weighted by Crippen LogP contribution is 2.09. The maximum absolute atomic E-state index is 11.4. The molecule has 3 heterocycles. The van der Waals surface area contributed by atoms with E-state index in [1.165, 1.54) is 10.8 Å². The number of aromatic amines is 1. The lowest BCUT2D eigenvalue weighted by Crippen LogP contribution is -2.17. The van der Waals surface area contributed by atoms with Crippen molar-refractivity contribution in [2.24, 2.45) is 0 Å². The van der Waals surface area contributed by atoms with Crippen LogP contribution in [0, 0.1) is 0 Å². The lowest BCUT2D eigenvalue weighted by molar-refractivity contribution is 0.878. The highest BCUT2D eigenvalue weighted by Gasteiger charge is 2.05. The van der Waals surface area contributed by atoms with Gasteiger partial charge in [0.1, 0.15) is 12.0 Å². The van der Waals surface area contributed by atoms with Crippen LogP contribution >= 0.6 is 0 Å². The number of H-pyrrole nitrogens is 1. The predicted octanol–water partition coefficient (Wildman–Crippen LogP) is -0.0342. The molecular formula is C8H5N5O. The van der Waals surface area contributed by atoms with Crippen molar-refractivity contribution in [1.82, 2.24) is 24.6 Å². The Hall–Kier alpha value is -2.24. The highest BCUT2D eigenvalue weighted by atomic mass is 16.1. The van der Waals surface area contributed by atoms with Gasteiger partial charge in [-0.2, -0.15) is 9.61 Å². The number of aromatic nitrogens is 5. The molecule has 6 heteroatoms. The molecule has 0 amide bonds. The highest BCUT2D eigenvalue weighted by molar-refractivity contribution is 5.87. The molecule has 0 spiro atoms. The van der Waals surface area contributed by atoms with Crippen LogP contribution in [0.3, 0.4) is 0 Å². The molecule has 0 saturated carbocycles. The van der Waals surface area contributed by atoms with E-state index in [2.05, 4.69) is 20.1 Å². The zero-order valence-corrected chi connectivity index (χ0v) is 7.01. The Balaban J connectivity index is 2.73. The van der Waals surface area contributed by atoms with Crippen LogP contribution in [0.1, 0.15) is 0 Å². The number of hydrogen-bond acceptors (Lipinski definition) is 4. The maximum Gasteiger partial charge on any atom is 0.349 e. The molecule has 3 rings (SSSR count). The van der Waals surface area contributed by atoms with Gasteiger partial charge < -0.3 is 0 Å². The van der Waals surface area contributed by atoms with Crippen LogP contribution < -0.4 is 5.69 Å². The number of pyridine rings is 1. The molecule has 3 aromatic heterocycles. The molecule has 14 heavy (non-hydrogen) atoms. The molecule has 0 aliphatic heterocycles. The van der Waals surface area contributed by atoms with Crippen LogP contribution in [0.15, 0.2) is 29.5 Å². The third-order valence-corrected chi connectivity index (χ3v) is 2.01. The summed E-state index contributed by atoms with van der Waals surface area (Å²) in [4.78, 5) is 22.1. The molecule has 0 fully saturated rings. The Bertz CT molecular complexity index is 668. The van der Waals surface area contributed by atoms with Crippen molar-refractivity contribution in [2.75, 3.05) is 0 Å². The topological polar surface area (TPSA) is 75.9 Å². The molecule has 0 bridgehead atoms. The molecular weight excluding hydrogens is 182 g/mol. The van der Waals surface area contributed by atoms with E-state index in [1.54, 1.807) is 12.3 Å². The molecule has 0 radical (unpaired) electrons. The molecule has 1 N–H and O–H groups in total. The van der Waals surface area contributed by atoms with Crippen molar-refractivity contribution in [3.63, 3.8) is 0 Å². The van der Waals surface area contributed by atoms with Gasteiger partial charge >= 0.3 is 5.69 Å². The van der Waals surface area contributed by atoms with Crippen LogP contribution in [-0.4, -0.2) is 24.6 Å². The zero-order valence-electron chi connectivity index (χ0n) is 7.01. The minimum Gasteiger partial charge on any atom is -0.290 e. The lowest BCUT2D eigenvalue weighted by atomic mass is 10.3. The maximum atomic E-state index is 11.4. The van der Waals surface area contributed by atoms with E-state index < -0.39 is 0 Å². The largest absolute Gasteiger partial charge is 0.349 e. The normalized spacial score (nSPS) is 11.1. The summed E-state index contributed by atoms with van der Waals surface area (Å²) in [5.41, 5.74) is 0.721. The van der Waals surface area contributed by atoms with Gasteiger partial charge in [-0.25, -0.2) is 14.8 Å². The Morgan fingerprint density at radius 2 is 2.29 bits per heavy atom. The second-order valence-electron chi connectivity index (χ2n) is 2.83. The summed E-state index contributed by atoms with van der Waals surface area (Å²) in [6.45, 7) is 0. The molecule has 0 aliphatic carbocycles. The average Bonchev–Trinajstić information content (AvgIpc) is 2.67. The van der Waals surface area contributed by atoms with E-state index in [0.29, 0.717) is 11.3 Å². The molecule has 3 aromatic rings. The van der Waals surface area contributed by atoms with Gasteiger partial charge in [-0.05, 0) is 12.1 Å². The molecule has 0 atom stereocenters. The molecule has 0 saturated heterocycles. The van der Waals surface area contributed by atoms with Crippen LogP contribution in [0.4, 0.5) is 0 Å². The smallest absolute Gasteiger partial charge is 0.290 e. The van der Waals surface area contributed by atoms with Crippen LogP contribution in [0.2, 0.25) is 0 Å². The van der Waals surface area contributed by atoms with Crippen molar-refractivity contribution in [2.45, 2.75) is 0 Å². The van der Waals surface area contributed by atoms with Gasteiger partial charge in [0.05, 0.1) is 5.39 Å². The fourth-order valence-electron chi connectivity index (χ4n) is 1.41. The number of nitrogens with zero attached hydrogens (tertiary/aromatic N) is 4. The Morgan fingerprint density at radius 3 is 3.21 bits per heavy atom. The quantitative estimate of drug-likeness (QED) is 0.536. The zero-order chi connectivity index (χ0) is 9.54. The third-order valence-electron chi connectivity index (χ3n) is 2.01. The third kappa shape index (κ3) is 0.792. The summed E-state index contributed by atoms with van der Waals surface area (Å²) in [5.74, 6) is 0. The standard InChI is InChI=1S/C8H5N5O/c14-8-12-6-5(2-1-3-9-6)7-10-4-11-13(7)8/h1-4H,(H,9,12,14). The van der Waals surface area contributed by atoms with E-state index in [0.717, 1.165) is 5.39 Å². The van der Waals surface area contributed by atoms with E-state index in [4.69, 9.17) is 0 Å². The first-order valence-electron chi connectivity index (χ1n) is 4.03. The SMILES string of the molecule is O=c1[nH]c2ncccc2c2ncnn12. The van der Waals surface area contributed by atoms with E-state index >= 15 is 0 Å². The first-order valence-corrected chi connectivity index (χ1v) is 4.03. The second kappa shape index (κ2) is 2.38. The molecule has 0 unspecified atom stereocenters. The first kappa shape index (κ1) is 7.19.